The van der Waals surface area contributed by atoms with Crippen LogP contribution in [0.25, 0.3) is 0 Å². The minimum Gasteiger partial charge on any atom is -0.398 e. The molecule has 0 fully saturated rings. The molecule has 2 aromatic carbocycles. The summed E-state index contributed by atoms with van der Waals surface area (Å²) in [5.74, 6) is 0.857. The Hall–Kier alpha value is -0.450. The van der Waals surface area contributed by atoms with Crippen molar-refractivity contribution in [3.8, 4) is 0 Å². The van der Waals surface area contributed by atoms with Crippen LogP contribution in [0.3, 0.4) is 0 Å². The zero-order chi connectivity index (χ0) is 12.3. The Morgan fingerprint density at radius 3 is 2.35 bits per heavy atom. The van der Waals surface area contributed by atoms with E-state index in [1.807, 2.05) is 36.4 Å². The van der Waals surface area contributed by atoms with Gasteiger partial charge in [0.2, 0.25) is 0 Å². The number of thioether (sulfide) groups is 1. The molecule has 0 aliphatic heterocycles. The summed E-state index contributed by atoms with van der Waals surface area (Å²) in [6, 6.07) is 14.1. The van der Waals surface area contributed by atoms with Crippen molar-refractivity contribution in [3.63, 3.8) is 0 Å². The minimum atomic E-state index is 0.832. The predicted octanol–water partition coefficient (Wildman–Crippen LogP) is 5.09. The maximum atomic E-state index is 5.97. The molecule has 0 radical (unpaired) electrons. The molecule has 2 rings (SSSR count). The highest BCUT2D eigenvalue weighted by molar-refractivity contribution is 9.10. The molecule has 2 aromatic rings. The number of nitrogens with two attached hydrogens (primary N) is 1. The zero-order valence-electron chi connectivity index (χ0n) is 8.99. The Balaban J connectivity index is 2.16. The highest BCUT2D eigenvalue weighted by Gasteiger charge is 2.06. The van der Waals surface area contributed by atoms with Crippen LogP contribution in [-0.4, -0.2) is 0 Å². The van der Waals surface area contributed by atoms with Crippen LogP contribution < -0.4 is 5.73 Å². The summed E-state index contributed by atoms with van der Waals surface area (Å²) in [6.45, 7) is 0. The van der Waals surface area contributed by atoms with Crippen LogP contribution in [0.1, 0.15) is 5.56 Å². The van der Waals surface area contributed by atoms with Gasteiger partial charge in [0, 0.05) is 25.3 Å². The van der Waals surface area contributed by atoms with Crippen LogP contribution in [0.2, 0.25) is 0 Å². The summed E-state index contributed by atoms with van der Waals surface area (Å²) < 4.78 is 2.19. The smallest absolute Gasteiger partial charge is 0.0366 e. The second-order valence-electron chi connectivity index (χ2n) is 3.53. The fourth-order valence-electron chi connectivity index (χ4n) is 1.44. The Morgan fingerprint density at radius 1 is 0.941 bits per heavy atom. The van der Waals surface area contributed by atoms with E-state index in [0.29, 0.717) is 0 Å². The van der Waals surface area contributed by atoms with Crippen LogP contribution >= 0.6 is 43.6 Å². The topological polar surface area (TPSA) is 26.0 Å². The summed E-state index contributed by atoms with van der Waals surface area (Å²) in [6.07, 6.45) is 0. The molecule has 2 N–H and O–H groups in total. The zero-order valence-corrected chi connectivity index (χ0v) is 13.0. The predicted molar refractivity (Wildman–Crippen MR) is 82.3 cm³/mol. The van der Waals surface area contributed by atoms with Crippen LogP contribution in [0.5, 0.6) is 0 Å². The van der Waals surface area contributed by atoms with Crippen LogP contribution in [-0.2, 0) is 5.75 Å². The van der Waals surface area contributed by atoms with Gasteiger partial charge in [0.15, 0.2) is 0 Å². The van der Waals surface area contributed by atoms with E-state index in [1.54, 1.807) is 11.8 Å². The Labute approximate surface area is 122 Å². The minimum absolute atomic E-state index is 0.832. The molecule has 0 aliphatic carbocycles. The maximum absolute atomic E-state index is 5.97. The van der Waals surface area contributed by atoms with Crippen molar-refractivity contribution >= 4 is 49.3 Å². The number of nitrogen functional groups attached to an aromatic ring is 1. The number of benzene rings is 2. The second kappa shape index (κ2) is 5.94. The van der Waals surface area contributed by atoms with Crippen molar-refractivity contribution in [2.24, 2.45) is 0 Å². The molecule has 0 amide bonds. The van der Waals surface area contributed by atoms with Crippen molar-refractivity contribution in [1.82, 2.24) is 0 Å². The third kappa shape index (κ3) is 3.27. The van der Waals surface area contributed by atoms with Gasteiger partial charge in [0.1, 0.15) is 0 Å². The first kappa shape index (κ1) is 13.0. The molecule has 0 unspecified atom stereocenters. The lowest BCUT2D eigenvalue weighted by atomic mass is 10.2. The largest absolute Gasteiger partial charge is 0.398 e. The SMILES string of the molecule is Nc1cccc(Br)c1CSc1ccccc1Br. The van der Waals surface area contributed by atoms with Gasteiger partial charge in [-0.3, -0.25) is 0 Å². The van der Waals surface area contributed by atoms with E-state index in [0.717, 1.165) is 25.9 Å². The molecule has 0 heterocycles. The first-order valence-electron chi connectivity index (χ1n) is 5.08. The van der Waals surface area contributed by atoms with E-state index in [9.17, 15) is 0 Å². The van der Waals surface area contributed by atoms with E-state index in [4.69, 9.17) is 5.73 Å². The quantitative estimate of drug-likeness (QED) is 0.600. The number of rotatable bonds is 3. The summed E-state index contributed by atoms with van der Waals surface area (Å²) in [5, 5.41) is 0. The Kier molecular flexibility index (Phi) is 4.54. The molecular formula is C13H11Br2NS. The molecule has 0 saturated heterocycles. The third-order valence-corrected chi connectivity index (χ3v) is 5.16. The molecule has 4 heteroatoms. The number of anilines is 1. The van der Waals surface area contributed by atoms with Gasteiger partial charge in [-0.2, -0.15) is 0 Å². The normalized spacial score (nSPS) is 10.5. The van der Waals surface area contributed by atoms with Gasteiger partial charge in [-0.15, -0.1) is 11.8 Å². The summed E-state index contributed by atoms with van der Waals surface area (Å²) in [4.78, 5) is 1.22. The highest BCUT2D eigenvalue weighted by Crippen LogP contribution is 2.33. The number of hydrogen-bond donors (Lipinski definition) is 1. The Morgan fingerprint density at radius 2 is 1.65 bits per heavy atom. The van der Waals surface area contributed by atoms with E-state index in [1.165, 1.54) is 4.90 Å². The van der Waals surface area contributed by atoms with Crippen molar-refractivity contribution in [1.29, 1.82) is 0 Å². The standard InChI is InChI=1S/C13H11Br2NS/c14-10-5-3-6-12(16)9(10)8-17-13-7-2-1-4-11(13)15/h1-7H,8,16H2. The summed E-state index contributed by atoms with van der Waals surface area (Å²) in [7, 11) is 0. The Bertz CT molecular complexity index is 508. The average molecular weight is 373 g/mol. The first-order chi connectivity index (χ1) is 8.18. The van der Waals surface area contributed by atoms with Crippen LogP contribution in [0.15, 0.2) is 56.3 Å². The molecule has 0 aromatic heterocycles. The van der Waals surface area contributed by atoms with Gasteiger partial charge >= 0.3 is 0 Å². The summed E-state index contributed by atoms with van der Waals surface area (Å²) >= 11 is 8.85. The monoisotopic (exact) mass is 371 g/mol. The van der Waals surface area contributed by atoms with E-state index in [-0.39, 0.29) is 0 Å². The number of hydrogen-bond acceptors (Lipinski definition) is 2. The second-order valence-corrected chi connectivity index (χ2v) is 6.25. The van der Waals surface area contributed by atoms with E-state index < -0.39 is 0 Å². The lowest BCUT2D eigenvalue weighted by Crippen LogP contribution is -1.93. The fourth-order valence-corrected chi connectivity index (χ4v) is 3.78. The average Bonchev–Trinajstić information content (AvgIpc) is 2.30. The van der Waals surface area contributed by atoms with Crippen molar-refractivity contribution < 1.29 is 0 Å². The third-order valence-electron chi connectivity index (χ3n) is 2.36. The van der Waals surface area contributed by atoms with E-state index in [2.05, 4.69) is 37.9 Å². The van der Waals surface area contributed by atoms with Gasteiger partial charge in [-0.25, -0.2) is 0 Å². The number of halogens is 2. The van der Waals surface area contributed by atoms with Crippen LogP contribution in [0.4, 0.5) is 5.69 Å². The van der Waals surface area contributed by atoms with Gasteiger partial charge in [0.25, 0.3) is 0 Å². The molecule has 0 spiro atoms. The molecule has 17 heavy (non-hydrogen) atoms. The lowest BCUT2D eigenvalue weighted by molar-refractivity contribution is 1.34. The highest BCUT2D eigenvalue weighted by atomic mass is 79.9. The van der Waals surface area contributed by atoms with Crippen molar-refractivity contribution in [2.45, 2.75) is 10.6 Å². The van der Waals surface area contributed by atoms with Gasteiger partial charge in [0.05, 0.1) is 0 Å². The fraction of sp³-hybridized carbons (Fsp3) is 0.0769. The molecule has 0 bridgehead atoms. The molecule has 1 nitrogen and oxygen atoms in total. The maximum Gasteiger partial charge on any atom is 0.0366 e. The lowest BCUT2D eigenvalue weighted by Gasteiger charge is -2.08. The van der Waals surface area contributed by atoms with Crippen LogP contribution in [0, 0.1) is 0 Å². The van der Waals surface area contributed by atoms with Gasteiger partial charge < -0.3 is 5.73 Å². The van der Waals surface area contributed by atoms with E-state index >= 15 is 0 Å². The molecular weight excluding hydrogens is 362 g/mol. The summed E-state index contributed by atoms with van der Waals surface area (Å²) in [5.41, 5.74) is 7.95. The molecule has 88 valence electrons. The molecule has 0 saturated carbocycles. The molecule has 0 atom stereocenters. The van der Waals surface area contributed by atoms with Crippen molar-refractivity contribution in [3.05, 3.63) is 57.0 Å². The van der Waals surface area contributed by atoms with Gasteiger partial charge in [-0.1, -0.05) is 34.1 Å². The molecule has 0 aliphatic rings. The first-order valence-corrected chi connectivity index (χ1v) is 7.66. The van der Waals surface area contributed by atoms with Gasteiger partial charge in [-0.05, 0) is 45.8 Å². The van der Waals surface area contributed by atoms with Crippen molar-refractivity contribution in [2.75, 3.05) is 5.73 Å².